The zero-order valence-electron chi connectivity index (χ0n) is 14.6. The Morgan fingerprint density at radius 2 is 2.00 bits per heavy atom. The summed E-state index contributed by atoms with van der Waals surface area (Å²) in [6.07, 6.45) is 3.93. The number of amides is 1. The van der Waals surface area contributed by atoms with Crippen LogP contribution in [0.3, 0.4) is 0 Å². The molecule has 4 N–H and O–H groups in total. The summed E-state index contributed by atoms with van der Waals surface area (Å²) in [7, 11) is 0. The van der Waals surface area contributed by atoms with Crippen molar-refractivity contribution in [2.45, 2.75) is 20.3 Å². The Kier molecular flexibility index (Phi) is 5.94. The summed E-state index contributed by atoms with van der Waals surface area (Å²) in [5.41, 5.74) is 13.6. The molecule has 1 aromatic carbocycles. The van der Waals surface area contributed by atoms with Crippen LogP contribution in [-0.2, 0) is 6.42 Å². The highest BCUT2D eigenvalue weighted by Crippen LogP contribution is 2.25. The molecule has 8 heteroatoms. The van der Waals surface area contributed by atoms with E-state index in [4.69, 9.17) is 11.5 Å². The minimum absolute atomic E-state index is 0. The number of benzene rings is 1. The number of halogens is 1. The normalized spacial score (nSPS) is 10.6. The Balaban J connectivity index is 0.00000243. The van der Waals surface area contributed by atoms with Crippen LogP contribution in [0.15, 0.2) is 47.7 Å². The number of fused-ring (bicyclic) bond motifs is 1. The monoisotopic (exact) mass is 372 g/mol. The molecule has 0 aliphatic rings. The van der Waals surface area contributed by atoms with Gasteiger partial charge in [-0.05, 0) is 36.6 Å². The van der Waals surface area contributed by atoms with Crippen molar-refractivity contribution >= 4 is 35.2 Å². The van der Waals surface area contributed by atoms with Crippen molar-refractivity contribution in [3.63, 3.8) is 0 Å². The van der Waals surface area contributed by atoms with Gasteiger partial charge in [-0.15, -0.1) is 12.4 Å². The fourth-order valence-electron chi connectivity index (χ4n) is 2.79. The molecule has 0 spiro atoms. The van der Waals surface area contributed by atoms with Crippen molar-refractivity contribution in [3.05, 3.63) is 54.0 Å². The summed E-state index contributed by atoms with van der Waals surface area (Å²) in [6.45, 7) is 4.16. The molecule has 2 aromatic heterocycles. The summed E-state index contributed by atoms with van der Waals surface area (Å²) in [6, 6.07) is 9.67. The van der Waals surface area contributed by atoms with Gasteiger partial charge in [0.2, 0.25) is 0 Å². The minimum atomic E-state index is -0.486. The zero-order chi connectivity index (χ0) is 18.0. The van der Waals surface area contributed by atoms with Gasteiger partial charge in [0, 0.05) is 11.6 Å². The molecule has 0 fully saturated rings. The molecule has 26 heavy (non-hydrogen) atoms. The van der Waals surface area contributed by atoms with Gasteiger partial charge < -0.3 is 11.5 Å². The molecule has 3 rings (SSSR count). The molecule has 0 radical (unpaired) electrons. The van der Waals surface area contributed by atoms with Crippen LogP contribution in [0.5, 0.6) is 0 Å². The van der Waals surface area contributed by atoms with Crippen LogP contribution < -0.4 is 11.5 Å². The van der Waals surface area contributed by atoms with Crippen molar-refractivity contribution in [3.8, 4) is 5.69 Å². The summed E-state index contributed by atoms with van der Waals surface area (Å²) in [5.74, 6) is -0.419. The molecule has 0 aliphatic heterocycles. The van der Waals surface area contributed by atoms with E-state index in [9.17, 15) is 4.79 Å². The van der Waals surface area contributed by atoms with Gasteiger partial charge in [0.25, 0.3) is 5.91 Å². The van der Waals surface area contributed by atoms with Crippen LogP contribution in [0.1, 0.15) is 29.9 Å². The van der Waals surface area contributed by atoms with Crippen LogP contribution in [0.25, 0.3) is 16.6 Å². The van der Waals surface area contributed by atoms with Gasteiger partial charge in [-0.3, -0.25) is 9.78 Å². The van der Waals surface area contributed by atoms with Crippen molar-refractivity contribution in [1.29, 1.82) is 0 Å². The lowest BCUT2D eigenvalue weighted by Gasteiger charge is -2.13. The quantitative estimate of drug-likeness (QED) is 0.539. The first kappa shape index (κ1) is 19.4. The van der Waals surface area contributed by atoms with Crippen LogP contribution in [0.2, 0.25) is 0 Å². The van der Waals surface area contributed by atoms with Crippen LogP contribution in [-0.4, -0.2) is 26.6 Å². The van der Waals surface area contributed by atoms with Gasteiger partial charge in [-0.25, -0.2) is 4.68 Å². The molecule has 7 nitrogen and oxygen atoms in total. The van der Waals surface area contributed by atoms with Gasteiger partial charge in [0.15, 0.2) is 5.96 Å². The molecule has 2 heterocycles. The Morgan fingerprint density at radius 3 is 2.69 bits per heavy atom. The number of pyridine rings is 1. The number of aromatic nitrogens is 3. The van der Waals surface area contributed by atoms with E-state index in [-0.39, 0.29) is 18.4 Å². The van der Waals surface area contributed by atoms with E-state index in [0.717, 1.165) is 22.3 Å². The molecule has 0 saturated heterocycles. The highest BCUT2D eigenvalue weighted by molar-refractivity contribution is 6.02. The molecule has 1 amide bonds. The zero-order valence-corrected chi connectivity index (χ0v) is 15.4. The molecular weight excluding hydrogens is 352 g/mol. The Morgan fingerprint density at radius 1 is 1.23 bits per heavy atom. The van der Waals surface area contributed by atoms with Gasteiger partial charge in [-0.1, -0.05) is 19.9 Å². The maximum Gasteiger partial charge on any atom is 0.283 e. The highest BCUT2D eigenvalue weighted by atomic mass is 35.5. The second-order valence-corrected chi connectivity index (χ2v) is 6.20. The summed E-state index contributed by atoms with van der Waals surface area (Å²) in [4.78, 5) is 20.4. The standard InChI is InChI=1S/C18H20N6O.ClH/c1-11(2)9-16-13(17(25)23-18(19)20)10-22-24(16)15-7-3-6-14-12(15)5-4-8-21-14;/h3-8,10-11H,9H2,1-2H3,(H4,19,20,23,25);1H. The lowest BCUT2D eigenvalue weighted by atomic mass is 10.0. The van der Waals surface area contributed by atoms with E-state index in [0.29, 0.717) is 17.9 Å². The molecule has 3 aromatic rings. The average molecular weight is 373 g/mol. The third kappa shape index (κ3) is 3.83. The van der Waals surface area contributed by atoms with Crippen molar-refractivity contribution in [1.82, 2.24) is 14.8 Å². The predicted molar refractivity (Wildman–Crippen MR) is 105 cm³/mol. The van der Waals surface area contributed by atoms with Crippen molar-refractivity contribution in [2.24, 2.45) is 22.4 Å². The molecule has 0 saturated carbocycles. The fourth-order valence-corrected chi connectivity index (χ4v) is 2.79. The van der Waals surface area contributed by atoms with E-state index >= 15 is 0 Å². The summed E-state index contributed by atoms with van der Waals surface area (Å²) < 4.78 is 1.78. The number of hydrogen-bond donors (Lipinski definition) is 2. The van der Waals surface area contributed by atoms with Gasteiger partial charge >= 0.3 is 0 Å². The van der Waals surface area contributed by atoms with Gasteiger partial charge in [0.1, 0.15) is 0 Å². The van der Waals surface area contributed by atoms with Crippen LogP contribution in [0.4, 0.5) is 0 Å². The Labute approximate surface area is 157 Å². The topological polar surface area (TPSA) is 112 Å². The maximum atomic E-state index is 12.4. The second kappa shape index (κ2) is 7.97. The number of carbonyl (C=O) groups excluding carboxylic acids is 1. The number of guanidine groups is 1. The number of hydrogen-bond acceptors (Lipinski definition) is 3. The largest absolute Gasteiger partial charge is 0.370 e. The Hall–Kier alpha value is -2.93. The lowest BCUT2D eigenvalue weighted by molar-refractivity contribution is 0.100. The van der Waals surface area contributed by atoms with Gasteiger partial charge in [-0.2, -0.15) is 10.1 Å². The lowest BCUT2D eigenvalue weighted by Crippen LogP contribution is -2.24. The second-order valence-electron chi connectivity index (χ2n) is 6.20. The minimum Gasteiger partial charge on any atom is -0.370 e. The number of nitrogens with zero attached hydrogens (tertiary/aromatic N) is 4. The van der Waals surface area contributed by atoms with E-state index in [1.807, 2.05) is 30.3 Å². The van der Waals surface area contributed by atoms with Crippen molar-refractivity contribution in [2.75, 3.05) is 0 Å². The predicted octanol–water partition coefficient (Wildman–Crippen LogP) is 2.45. The first-order valence-corrected chi connectivity index (χ1v) is 8.02. The first-order chi connectivity index (χ1) is 12.0. The summed E-state index contributed by atoms with van der Waals surface area (Å²) in [5, 5.41) is 5.39. The highest BCUT2D eigenvalue weighted by Gasteiger charge is 2.20. The first-order valence-electron chi connectivity index (χ1n) is 8.02. The summed E-state index contributed by atoms with van der Waals surface area (Å²) >= 11 is 0. The number of aliphatic imine (C=N–C) groups is 1. The van der Waals surface area contributed by atoms with E-state index in [2.05, 4.69) is 28.9 Å². The number of carbonyl (C=O) groups is 1. The van der Waals surface area contributed by atoms with Crippen molar-refractivity contribution < 1.29 is 4.79 Å². The molecule has 0 unspecified atom stereocenters. The molecular formula is C18H21ClN6O. The smallest absolute Gasteiger partial charge is 0.283 e. The van der Waals surface area contributed by atoms with E-state index < -0.39 is 5.91 Å². The molecule has 0 bridgehead atoms. The van der Waals surface area contributed by atoms with Crippen LogP contribution in [0, 0.1) is 5.92 Å². The molecule has 0 aliphatic carbocycles. The third-order valence-electron chi connectivity index (χ3n) is 3.78. The number of nitrogens with two attached hydrogens (primary N) is 2. The van der Waals surface area contributed by atoms with E-state index in [1.54, 1.807) is 10.9 Å². The molecule has 0 atom stereocenters. The fraction of sp³-hybridized carbons (Fsp3) is 0.222. The number of rotatable bonds is 4. The third-order valence-corrected chi connectivity index (χ3v) is 3.78. The SMILES string of the molecule is CC(C)Cc1c(C(=O)N=C(N)N)cnn1-c1cccc2ncccc12.Cl. The Bertz CT molecular complexity index is 954. The van der Waals surface area contributed by atoms with Gasteiger partial charge in [0.05, 0.1) is 28.7 Å². The maximum absolute atomic E-state index is 12.4. The average Bonchev–Trinajstić information content (AvgIpc) is 2.96. The van der Waals surface area contributed by atoms with E-state index in [1.165, 1.54) is 6.20 Å². The van der Waals surface area contributed by atoms with Crippen LogP contribution >= 0.6 is 12.4 Å². The molecule has 136 valence electrons.